The molecule has 0 bridgehead atoms. The van der Waals surface area contributed by atoms with Crippen LogP contribution in [-0.2, 0) is 15.3 Å². The molecule has 1 fully saturated rings. The van der Waals surface area contributed by atoms with Gasteiger partial charge in [-0.3, -0.25) is 9.59 Å². The third-order valence-corrected chi connectivity index (χ3v) is 6.15. The number of para-hydroxylation sites is 1. The van der Waals surface area contributed by atoms with Crippen molar-refractivity contribution in [3.8, 4) is 0 Å². The number of hydrogen-bond acceptors (Lipinski definition) is 4. The SMILES string of the molecule is CC(C)N1C[C@H](C(=O)Nc2ccccc2SCc2ccsc2)CC1=O. The second-order valence-electron chi connectivity index (χ2n) is 6.45. The summed E-state index contributed by atoms with van der Waals surface area (Å²) in [7, 11) is 0. The molecular formula is C19H22N2O2S2. The van der Waals surface area contributed by atoms with Crippen LogP contribution in [0.25, 0.3) is 0 Å². The molecule has 1 aliphatic rings. The molecule has 1 aliphatic heterocycles. The molecule has 0 aliphatic carbocycles. The number of anilines is 1. The molecule has 25 heavy (non-hydrogen) atoms. The van der Waals surface area contributed by atoms with E-state index >= 15 is 0 Å². The second-order valence-corrected chi connectivity index (χ2v) is 8.24. The maximum Gasteiger partial charge on any atom is 0.229 e. The fraction of sp³-hybridized carbons (Fsp3) is 0.368. The van der Waals surface area contributed by atoms with Gasteiger partial charge < -0.3 is 10.2 Å². The Bertz CT molecular complexity index is 744. The van der Waals surface area contributed by atoms with Crippen LogP contribution < -0.4 is 5.32 Å². The molecule has 0 saturated carbocycles. The third kappa shape index (κ3) is 4.44. The summed E-state index contributed by atoms with van der Waals surface area (Å²) in [6, 6.07) is 10.1. The number of nitrogens with one attached hydrogen (secondary N) is 1. The summed E-state index contributed by atoms with van der Waals surface area (Å²) < 4.78 is 0. The van der Waals surface area contributed by atoms with Crippen molar-refractivity contribution in [1.29, 1.82) is 0 Å². The van der Waals surface area contributed by atoms with Crippen LogP contribution in [0, 0.1) is 5.92 Å². The van der Waals surface area contributed by atoms with E-state index in [1.807, 2.05) is 38.1 Å². The van der Waals surface area contributed by atoms with E-state index in [2.05, 4.69) is 22.1 Å². The van der Waals surface area contributed by atoms with E-state index in [1.54, 1.807) is 28.0 Å². The number of thiophene rings is 1. The molecule has 132 valence electrons. The Morgan fingerprint density at radius 3 is 2.84 bits per heavy atom. The molecule has 6 heteroatoms. The monoisotopic (exact) mass is 374 g/mol. The minimum atomic E-state index is -0.273. The zero-order chi connectivity index (χ0) is 17.8. The van der Waals surface area contributed by atoms with E-state index in [0.717, 1.165) is 16.3 Å². The summed E-state index contributed by atoms with van der Waals surface area (Å²) >= 11 is 3.40. The van der Waals surface area contributed by atoms with Crippen molar-refractivity contribution in [2.75, 3.05) is 11.9 Å². The number of carbonyl (C=O) groups excluding carboxylic acids is 2. The molecule has 2 aromatic rings. The van der Waals surface area contributed by atoms with Crippen LogP contribution in [-0.4, -0.2) is 29.3 Å². The molecule has 2 heterocycles. The standard InChI is InChI=1S/C19H22N2O2S2/c1-13(2)21-10-15(9-18(21)22)19(23)20-16-5-3-4-6-17(16)25-12-14-7-8-24-11-14/h3-8,11,13,15H,9-10,12H2,1-2H3,(H,20,23)/t15-/m1/s1. The molecule has 0 spiro atoms. The number of rotatable bonds is 6. The Kier molecular flexibility index (Phi) is 5.81. The first kappa shape index (κ1) is 18.0. The summed E-state index contributed by atoms with van der Waals surface area (Å²) in [5.41, 5.74) is 2.10. The normalized spacial score (nSPS) is 17.3. The largest absolute Gasteiger partial charge is 0.339 e. The lowest BCUT2D eigenvalue weighted by Crippen LogP contribution is -2.33. The summed E-state index contributed by atoms with van der Waals surface area (Å²) in [6.07, 6.45) is 0.300. The predicted molar refractivity (Wildman–Crippen MR) is 104 cm³/mol. The van der Waals surface area contributed by atoms with Crippen LogP contribution in [0.5, 0.6) is 0 Å². The van der Waals surface area contributed by atoms with Crippen LogP contribution in [0.2, 0.25) is 0 Å². The van der Waals surface area contributed by atoms with Gasteiger partial charge in [-0.2, -0.15) is 11.3 Å². The van der Waals surface area contributed by atoms with Crippen molar-refractivity contribution in [1.82, 2.24) is 4.90 Å². The van der Waals surface area contributed by atoms with Gasteiger partial charge in [-0.05, 0) is 48.4 Å². The minimum absolute atomic E-state index is 0.0651. The lowest BCUT2D eigenvalue weighted by atomic mass is 10.1. The molecule has 1 atom stereocenters. The number of likely N-dealkylation sites (tertiary alicyclic amines) is 1. The van der Waals surface area contributed by atoms with Gasteiger partial charge in [0.25, 0.3) is 0 Å². The first-order valence-corrected chi connectivity index (χ1v) is 10.3. The highest BCUT2D eigenvalue weighted by Crippen LogP contribution is 2.31. The molecule has 1 aromatic carbocycles. The maximum atomic E-state index is 12.6. The van der Waals surface area contributed by atoms with Crippen molar-refractivity contribution < 1.29 is 9.59 Å². The highest BCUT2D eigenvalue weighted by Gasteiger charge is 2.35. The first-order chi connectivity index (χ1) is 12.0. The number of carbonyl (C=O) groups is 2. The predicted octanol–water partition coefficient (Wildman–Crippen LogP) is 4.24. The van der Waals surface area contributed by atoms with Crippen molar-refractivity contribution in [2.45, 2.75) is 37.0 Å². The Labute approximate surface area is 156 Å². The van der Waals surface area contributed by atoms with Gasteiger partial charge in [0.1, 0.15) is 0 Å². The fourth-order valence-corrected chi connectivity index (χ4v) is 4.60. The smallest absolute Gasteiger partial charge is 0.229 e. The molecule has 1 aromatic heterocycles. The number of nitrogens with zero attached hydrogens (tertiary/aromatic N) is 1. The number of hydrogen-bond donors (Lipinski definition) is 1. The van der Waals surface area contributed by atoms with Gasteiger partial charge in [0.2, 0.25) is 11.8 Å². The summed E-state index contributed by atoms with van der Waals surface area (Å²) in [5, 5.41) is 7.23. The van der Waals surface area contributed by atoms with Crippen molar-refractivity contribution >= 4 is 40.6 Å². The van der Waals surface area contributed by atoms with Crippen molar-refractivity contribution in [2.24, 2.45) is 5.92 Å². The average molecular weight is 375 g/mol. The molecule has 0 radical (unpaired) electrons. The summed E-state index contributed by atoms with van der Waals surface area (Å²) in [5.74, 6) is 0.597. The summed E-state index contributed by atoms with van der Waals surface area (Å²) in [4.78, 5) is 27.5. The zero-order valence-electron chi connectivity index (χ0n) is 14.4. The second kappa shape index (κ2) is 8.06. The third-order valence-electron chi connectivity index (χ3n) is 4.27. The van der Waals surface area contributed by atoms with Crippen molar-refractivity contribution in [3.05, 3.63) is 46.7 Å². The number of benzene rings is 1. The first-order valence-electron chi connectivity index (χ1n) is 8.38. The number of thioether (sulfide) groups is 1. The Morgan fingerprint density at radius 1 is 1.36 bits per heavy atom. The summed E-state index contributed by atoms with van der Waals surface area (Å²) in [6.45, 7) is 4.47. The highest BCUT2D eigenvalue weighted by molar-refractivity contribution is 7.98. The molecule has 1 N–H and O–H groups in total. The van der Waals surface area contributed by atoms with Gasteiger partial charge in [0.05, 0.1) is 11.6 Å². The lowest BCUT2D eigenvalue weighted by Gasteiger charge is -2.20. The quantitative estimate of drug-likeness (QED) is 0.770. The van der Waals surface area contributed by atoms with Crippen LogP contribution in [0.4, 0.5) is 5.69 Å². The Balaban J connectivity index is 1.64. The van der Waals surface area contributed by atoms with Gasteiger partial charge in [0, 0.05) is 29.7 Å². The molecule has 1 saturated heterocycles. The van der Waals surface area contributed by atoms with Crippen molar-refractivity contribution in [3.63, 3.8) is 0 Å². The Morgan fingerprint density at radius 2 is 2.16 bits per heavy atom. The van der Waals surface area contributed by atoms with Crippen LogP contribution >= 0.6 is 23.1 Å². The van der Waals surface area contributed by atoms with Crippen LogP contribution in [0.1, 0.15) is 25.8 Å². The lowest BCUT2D eigenvalue weighted by molar-refractivity contribution is -0.129. The van der Waals surface area contributed by atoms with E-state index in [0.29, 0.717) is 13.0 Å². The minimum Gasteiger partial charge on any atom is -0.339 e. The van der Waals surface area contributed by atoms with E-state index < -0.39 is 0 Å². The van der Waals surface area contributed by atoms with E-state index in [4.69, 9.17) is 0 Å². The molecular weight excluding hydrogens is 352 g/mol. The topological polar surface area (TPSA) is 49.4 Å². The zero-order valence-corrected chi connectivity index (χ0v) is 16.0. The van der Waals surface area contributed by atoms with Gasteiger partial charge in [-0.15, -0.1) is 11.8 Å². The van der Waals surface area contributed by atoms with Gasteiger partial charge in [-0.1, -0.05) is 12.1 Å². The van der Waals surface area contributed by atoms with Crippen LogP contribution in [0.3, 0.4) is 0 Å². The number of amides is 2. The molecule has 2 amide bonds. The van der Waals surface area contributed by atoms with E-state index in [1.165, 1.54) is 5.56 Å². The molecule has 3 rings (SSSR count). The maximum absolute atomic E-state index is 12.6. The van der Waals surface area contributed by atoms with Gasteiger partial charge >= 0.3 is 0 Å². The van der Waals surface area contributed by atoms with Crippen LogP contribution in [0.15, 0.2) is 46.0 Å². The average Bonchev–Trinajstić information content (AvgIpc) is 3.23. The Hall–Kier alpha value is -1.79. The molecule has 4 nitrogen and oxygen atoms in total. The fourth-order valence-electron chi connectivity index (χ4n) is 2.87. The van der Waals surface area contributed by atoms with Gasteiger partial charge in [0.15, 0.2) is 0 Å². The van der Waals surface area contributed by atoms with E-state index in [9.17, 15) is 9.59 Å². The van der Waals surface area contributed by atoms with Gasteiger partial charge in [-0.25, -0.2) is 0 Å². The highest BCUT2D eigenvalue weighted by atomic mass is 32.2. The molecule has 0 unspecified atom stereocenters. The van der Waals surface area contributed by atoms with E-state index in [-0.39, 0.29) is 23.8 Å².